The molecule has 0 aromatic carbocycles. The molecule has 1 saturated heterocycles. The molecule has 1 aliphatic heterocycles. The zero-order valence-corrected chi connectivity index (χ0v) is 16.1. The lowest BCUT2D eigenvalue weighted by Crippen LogP contribution is -2.33. The standard InChI is InChI=1S/C21H30N4O2/c1-2-4-16(5-3-1)19-13-18(26-23-19)14-25-10-8-15(9-11-25)12-20-22-21(27-24-20)17-6-7-17/h13,15-17H,1-12,14H2. The van der Waals surface area contributed by atoms with Crippen LogP contribution in [-0.2, 0) is 13.0 Å². The van der Waals surface area contributed by atoms with Crippen molar-refractivity contribution < 1.29 is 9.05 Å². The van der Waals surface area contributed by atoms with Gasteiger partial charge in [0.1, 0.15) is 0 Å². The van der Waals surface area contributed by atoms with Gasteiger partial charge in [0.05, 0.1) is 12.2 Å². The Morgan fingerprint density at radius 2 is 1.70 bits per heavy atom. The topological polar surface area (TPSA) is 68.2 Å². The zero-order chi connectivity index (χ0) is 18.1. The average molecular weight is 370 g/mol. The van der Waals surface area contributed by atoms with Crippen molar-refractivity contribution >= 4 is 0 Å². The highest BCUT2D eigenvalue weighted by Gasteiger charge is 2.30. The summed E-state index contributed by atoms with van der Waals surface area (Å²) in [7, 11) is 0. The van der Waals surface area contributed by atoms with E-state index in [-0.39, 0.29) is 0 Å². The summed E-state index contributed by atoms with van der Waals surface area (Å²) in [6.45, 7) is 3.11. The Bertz CT molecular complexity index is 737. The van der Waals surface area contributed by atoms with Gasteiger partial charge in [-0.05, 0) is 57.5 Å². The van der Waals surface area contributed by atoms with Crippen molar-refractivity contribution in [1.82, 2.24) is 20.2 Å². The van der Waals surface area contributed by atoms with Crippen LogP contribution in [0.25, 0.3) is 0 Å². The first-order valence-electron chi connectivity index (χ1n) is 10.8. The summed E-state index contributed by atoms with van der Waals surface area (Å²) in [5.41, 5.74) is 1.18. The maximum absolute atomic E-state index is 5.65. The lowest BCUT2D eigenvalue weighted by Gasteiger charge is -2.30. The Morgan fingerprint density at radius 3 is 2.48 bits per heavy atom. The van der Waals surface area contributed by atoms with Crippen LogP contribution in [0.2, 0.25) is 0 Å². The number of nitrogens with zero attached hydrogens (tertiary/aromatic N) is 4. The number of hydrogen-bond acceptors (Lipinski definition) is 6. The van der Waals surface area contributed by atoms with Gasteiger partial charge in [0, 0.05) is 24.3 Å². The number of aromatic nitrogens is 3. The minimum Gasteiger partial charge on any atom is -0.360 e. The van der Waals surface area contributed by atoms with Crippen molar-refractivity contribution in [3.63, 3.8) is 0 Å². The number of likely N-dealkylation sites (tertiary alicyclic amines) is 1. The van der Waals surface area contributed by atoms with Crippen molar-refractivity contribution in [1.29, 1.82) is 0 Å². The predicted octanol–water partition coefficient (Wildman–Crippen LogP) is 4.44. The van der Waals surface area contributed by atoms with E-state index in [4.69, 9.17) is 9.05 Å². The van der Waals surface area contributed by atoms with Crippen molar-refractivity contribution in [2.24, 2.45) is 5.92 Å². The van der Waals surface area contributed by atoms with Crippen LogP contribution in [0.15, 0.2) is 15.1 Å². The molecule has 0 radical (unpaired) electrons. The van der Waals surface area contributed by atoms with Gasteiger partial charge in [-0.2, -0.15) is 4.98 Å². The highest BCUT2D eigenvalue weighted by molar-refractivity contribution is 5.11. The molecular weight excluding hydrogens is 340 g/mol. The lowest BCUT2D eigenvalue weighted by atomic mass is 9.87. The Kier molecular flexibility index (Phi) is 4.99. The largest absolute Gasteiger partial charge is 0.360 e. The highest BCUT2D eigenvalue weighted by Crippen LogP contribution is 2.39. The van der Waals surface area contributed by atoms with E-state index in [1.807, 2.05) is 0 Å². The van der Waals surface area contributed by atoms with Gasteiger partial charge in [-0.15, -0.1) is 0 Å². The third-order valence-electron chi connectivity index (χ3n) is 6.57. The molecule has 0 amide bonds. The second-order valence-corrected chi connectivity index (χ2v) is 8.80. The summed E-state index contributed by atoms with van der Waals surface area (Å²) in [5, 5.41) is 8.55. The summed E-state index contributed by atoms with van der Waals surface area (Å²) in [4.78, 5) is 7.08. The van der Waals surface area contributed by atoms with Crippen molar-refractivity contribution in [3.05, 3.63) is 29.2 Å². The summed E-state index contributed by atoms with van der Waals surface area (Å²) in [6.07, 6.45) is 12.4. The first-order chi connectivity index (χ1) is 13.3. The van der Waals surface area contributed by atoms with Gasteiger partial charge in [-0.1, -0.05) is 29.6 Å². The van der Waals surface area contributed by atoms with E-state index < -0.39 is 0 Å². The van der Waals surface area contributed by atoms with E-state index in [0.717, 1.165) is 43.5 Å². The van der Waals surface area contributed by atoms with E-state index in [9.17, 15) is 0 Å². The molecule has 0 bridgehead atoms. The molecule has 27 heavy (non-hydrogen) atoms. The van der Waals surface area contributed by atoms with Crippen LogP contribution < -0.4 is 0 Å². The van der Waals surface area contributed by atoms with Crippen LogP contribution in [0.5, 0.6) is 0 Å². The fraction of sp³-hybridized carbons (Fsp3) is 0.762. The van der Waals surface area contributed by atoms with Gasteiger partial charge < -0.3 is 9.05 Å². The molecule has 3 aliphatic rings. The molecule has 3 fully saturated rings. The Labute approximate surface area is 160 Å². The molecule has 146 valence electrons. The lowest BCUT2D eigenvalue weighted by molar-refractivity contribution is 0.160. The first kappa shape index (κ1) is 17.4. The Morgan fingerprint density at radius 1 is 0.889 bits per heavy atom. The number of rotatable bonds is 6. The van der Waals surface area contributed by atoms with E-state index in [2.05, 4.69) is 26.3 Å². The van der Waals surface area contributed by atoms with Crippen LogP contribution in [-0.4, -0.2) is 33.3 Å². The summed E-state index contributed by atoms with van der Waals surface area (Å²) in [6, 6.07) is 2.21. The SMILES string of the molecule is c1c(C2CCCCC2)noc1CN1CCC(Cc2noc(C3CC3)n2)CC1. The molecule has 2 aromatic heterocycles. The fourth-order valence-corrected chi connectivity index (χ4v) is 4.67. The van der Waals surface area contributed by atoms with E-state index in [1.54, 1.807) is 0 Å². The first-order valence-corrected chi connectivity index (χ1v) is 10.8. The van der Waals surface area contributed by atoms with E-state index in [1.165, 1.54) is 63.5 Å². The van der Waals surface area contributed by atoms with Gasteiger partial charge in [0.25, 0.3) is 0 Å². The molecule has 2 aliphatic carbocycles. The van der Waals surface area contributed by atoms with Crippen LogP contribution >= 0.6 is 0 Å². The van der Waals surface area contributed by atoms with Crippen LogP contribution in [0, 0.1) is 5.92 Å². The van der Waals surface area contributed by atoms with Gasteiger partial charge in [-0.3, -0.25) is 4.90 Å². The number of hydrogen-bond donors (Lipinski definition) is 0. The van der Waals surface area contributed by atoms with Gasteiger partial charge >= 0.3 is 0 Å². The summed E-state index contributed by atoms with van der Waals surface area (Å²) in [5.74, 6) is 4.63. The Hall–Kier alpha value is -1.69. The van der Waals surface area contributed by atoms with Crippen molar-refractivity contribution in [2.45, 2.75) is 82.6 Å². The maximum Gasteiger partial charge on any atom is 0.229 e. The molecule has 3 heterocycles. The third kappa shape index (κ3) is 4.26. The molecule has 5 rings (SSSR count). The minimum atomic E-state index is 0.550. The maximum atomic E-state index is 5.65. The smallest absolute Gasteiger partial charge is 0.229 e. The fourth-order valence-electron chi connectivity index (χ4n) is 4.67. The van der Waals surface area contributed by atoms with Gasteiger partial charge in [0.2, 0.25) is 5.89 Å². The third-order valence-corrected chi connectivity index (χ3v) is 6.57. The minimum absolute atomic E-state index is 0.550. The van der Waals surface area contributed by atoms with Crippen LogP contribution in [0.3, 0.4) is 0 Å². The summed E-state index contributed by atoms with van der Waals surface area (Å²) < 4.78 is 11.0. The average Bonchev–Trinajstić information content (AvgIpc) is 3.28. The summed E-state index contributed by atoms with van der Waals surface area (Å²) >= 11 is 0. The molecule has 0 spiro atoms. The monoisotopic (exact) mass is 370 g/mol. The molecule has 6 nitrogen and oxygen atoms in total. The number of piperidine rings is 1. The van der Waals surface area contributed by atoms with Crippen LogP contribution in [0.1, 0.15) is 92.8 Å². The molecular formula is C21H30N4O2. The second kappa shape index (κ2) is 7.74. The van der Waals surface area contributed by atoms with E-state index >= 15 is 0 Å². The van der Waals surface area contributed by atoms with Crippen molar-refractivity contribution in [2.75, 3.05) is 13.1 Å². The molecule has 6 heteroatoms. The zero-order valence-electron chi connectivity index (χ0n) is 16.1. The molecule has 2 aromatic rings. The molecule has 0 unspecified atom stereocenters. The Balaban J connectivity index is 1.09. The van der Waals surface area contributed by atoms with Crippen molar-refractivity contribution in [3.8, 4) is 0 Å². The van der Waals surface area contributed by atoms with Gasteiger partial charge in [0.15, 0.2) is 11.6 Å². The second-order valence-electron chi connectivity index (χ2n) is 8.80. The molecule has 0 atom stereocenters. The molecule has 2 saturated carbocycles. The van der Waals surface area contributed by atoms with E-state index in [0.29, 0.717) is 17.8 Å². The quantitative estimate of drug-likeness (QED) is 0.749. The highest BCUT2D eigenvalue weighted by atomic mass is 16.5. The van der Waals surface area contributed by atoms with Crippen LogP contribution in [0.4, 0.5) is 0 Å². The normalized spacial score (nSPS) is 23.1. The predicted molar refractivity (Wildman–Crippen MR) is 100 cm³/mol. The molecule has 0 N–H and O–H groups in total. The van der Waals surface area contributed by atoms with Gasteiger partial charge in [-0.25, -0.2) is 0 Å².